The second-order valence-electron chi connectivity index (χ2n) is 5.26. The first-order valence-electron chi connectivity index (χ1n) is 8.09. The van der Waals surface area contributed by atoms with E-state index >= 15 is 0 Å². The maximum Gasteiger partial charge on any atom is 0.344 e. The van der Waals surface area contributed by atoms with Gasteiger partial charge in [-0.1, -0.05) is 23.7 Å². The number of esters is 1. The van der Waals surface area contributed by atoms with Crippen molar-refractivity contribution in [2.24, 2.45) is 0 Å². The minimum Gasteiger partial charge on any atom is -0.494 e. The zero-order chi connectivity index (χ0) is 18.8. The summed E-state index contributed by atoms with van der Waals surface area (Å²) in [5.74, 6) is 0.200. The molecule has 0 saturated heterocycles. The van der Waals surface area contributed by atoms with Crippen molar-refractivity contribution >= 4 is 23.5 Å². The van der Waals surface area contributed by atoms with Gasteiger partial charge in [-0.2, -0.15) is 0 Å². The van der Waals surface area contributed by atoms with Crippen LogP contribution in [0.25, 0.3) is 0 Å². The lowest BCUT2D eigenvalue weighted by Crippen LogP contribution is -2.29. The number of hydrogen-bond acceptors (Lipinski definition) is 5. The van der Waals surface area contributed by atoms with Crippen molar-refractivity contribution in [2.45, 2.75) is 13.5 Å². The lowest BCUT2D eigenvalue weighted by atomic mass is 10.2. The monoisotopic (exact) mass is 377 g/mol. The van der Waals surface area contributed by atoms with Crippen LogP contribution in [0.2, 0.25) is 5.02 Å². The number of carbonyl (C=O) groups excluding carboxylic acids is 2. The summed E-state index contributed by atoms with van der Waals surface area (Å²) < 4.78 is 15.5. The topological polar surface area (TPSA) is 73.9 Å². The molecule has 138 valence electrons. The zero-order valence-electron chi connectivity index (χ0n) is 14.4. The average molecular weight is 378 g/mol. The minimum atomic E-state index is -0.628. The molecule has 0 radical (unpaired) electrons. The van der Waals surface area contributed by atoms with Crippen LogP contribution in [0.5, 0.6) is 11.5 Å². The van der Waals surface area contributed by atoms with Gasteiger partial charge in [0, 0.05) is 11.6 Å². The molecule has 7 heteroatoms. The molecule has 0 bridgehead atoms. The fourth-order valence-corrected chi connectivity index (χ4v) is 2.24. The highest BCUT2D eigenvalue weighted by atomic mass is 35.5. The third kappa shape index (κ3) is 7.03. The molecule has 0 unspecified atom stereocenters. The van der Waals surface area contributed by atoms with Crippen molar-refractivity contribution in [3.05, 3.63) is 59.1 Å². The zero-order valence-corrected chi connectivity index (χ0v) is 15.1. The molecular weight excluding hydrogens is 358 g/mol. The number of rotatable bonds is 9. The van der Waals surface area contributed by atoms with Crippen LogP contribution in [0.1, 0.15) is 12.5 Å². The highest BCUT2D eigenvalue weighted by Crippen LogP contribution is 2.17. The number of carbonyl (C=O) groups is 2. The molecule has 0 aromatic heterocycles. The molecule has 0 aliphatic heterocycles. The molecule has 26 heavy (non-hydrogen) atoms. The summed E-state index contributed by atoms with van der Waals surface area (Å²) in [4.78, 5) is 23.3. The SMILES string of the molecule is CCOc1ccc(OCC(=O)OCC(=O)NCc2cccc(Cl)c2)cc1. The van der Waals surface area contributed by atoms with E-state index in [-0.39, 0.29) is 13.2 Å². The van der Waals surface area contributed by atoms with E-state index in [1.54, 1.807) is 42.5 Å². The fourth-order valence-electron chi connectivity index (χ4n) is 2.03. The molecule has 1 amide bonds. The van der Waals surface area contributed by atoms with Crippen molar-refractivity contribution in [1.82, 2.24) is 5.32 Å². The van der Waals surface area contributed by atoms with E-state index in [9.17, 15) is 9.59 Å². The van der Waals surface area contributed by atoms with Gasteiger partial charge in [-0.15, -0.1) is 0 Å². The van der Waals surface area contributed by atoms with Crippen LogP contribution in [0.4, 0.5) is 0 Å². The van der Waals surface area contributed by atoms with Crippen molar-refractivity contribution in [1.29, 1.82) is 0 Å². The van der Waals surface area contributed by atoms with Crippen molar-refractivity contribution in [3.8, 4) is 11.5 Å². The summed E-state index contributed by atoms with van der Waals surface area (Å²) >= 11 is 5.87. The largest absolute Gasteiger partial charge is 0.494 e. The molecule has 0 spiro atoms. The van der Waals surface area contributed by atoms with E-state index in [0.717, 1.165) is 11.3 Å². The molecule has 2 aromatic rings. The Balaban J connectivity index is 1.65. The van der Waals surface area contributed by atoms with E-state index in [0.29, 0.717) is 23.9 Å². The molecule has 2 rings (SSSR count). The summed E-state index contributed by atoms with van der Waals surface area (Å²) in [6.45, 7) is 2.12. The number of halogens is 1. The minimum absolute atomic E-state index is 0.282. The Morgan fingerprint density at radius 2 is 1.69 bits per heavy atom. The highest BCUT2D eigenvalue weighted by Gasteiger charge is 2.08. The van der Waals surface area contributed by atoms with E-state index < -0.39 is 11.9 Å². The summed E-state index contributed by atoms with van der Waals surface area (Å²) in [5.41, 5.74) is 0.857. The third-order valence-electron chi connectivity index (χ3n) is 3.23. The van der Waals surface area contributed by atoms with Gasteiger partial charge in [0.15, 0.2) is 13.2 Å². The van der Waals surface area contributed by atoms with Crippen molar-refractivity contribution in [2.75, 3.05) is 19.8 Å². The second-order valence-corrected chi connectivity index (χ2v) is 5.70. The van der Waals surface area contributed by atoms with Crippen LogP contribution in [0.3, 0.4) is 0 Å². The van der Waals surface area contributed by atoms with Gasteiger partial charge in [0.1, 0.15) is 11.5 Å². The van der Waals surface area contributed by atoms with Crippen LogP contribution in [-0.4, -0.2) is 31.7 Å². The van der Waals surface area contributed by atoms with Crippen LogP contribution in [0, 0.1) is 0 Å². The van der Waals surface area contributed by atoms with Gasteiger partial charge < -0.3 is 19.5 Å². The Hall–Kier alpha value is -2.73. The van der Waals surface area contributed by atoms with Crippen LogP contribution < -0.4 is 14.8 Å². The first-order valence-corrected chi connectivity index (χ1v) is 8.47. The summed E-state index contributed by atoms with van der Waals surface area (Å²) in [7, 11) is 0. The third-order valence-corrected chi connectivity index (χ3v) is 3.47. The quantitative estimate of drug-likeness (QED) is 0.680. The molecular formula is C19H20ClNO5. The Kier molecular flexibility index (Phi) is 7.76. The van der Waals surface area contributed by atoms with Crippen LogP contribution in [-0.2, 0) is 20.9 Å². The molecule has 6 nitrogen and oxygen atoms in total. The number of amides is 1. The lowest BCUT2D eigenvalue weighted by Gasteiger charge is -2.09. The molecule has 2 aromatic carbocycles. The molecule has 0 aliphatic carbocycles. The smallest absolute Gasteiger partial charge is 0.344 e. The molecule has 1 N–H and O–H groups in total. The molecule has 0 saturated carbocycles. The van der Waals surface area contributed by atoms with E-state index in [4.69, 9.17) is 25.8 Å². The van der Waals surface area contributed by atoms with Crippen LogP contribution in [0.15, 0.2) is 48.5 Å². The van der Waals surface area contributed by atoms with E-state index in [1.807, 2.05) is 13.0 Å². The van der Waals surface area contributed by atoms with E-state index in [2.05, 4.69) is 5.32 Å². The first-order chi connectivity index (χ1) is 12.6. The highest BCUT2D eigenvalue weighted by molar-refractivity contribution is 6.30. The average Bonchev–Trinajstić information content (AvgIpc) is 2.64. The standard InChI is InChI=1S/C19H20ClNO5/c1-2-24-16-6-8-17(9-7-16)25-13-19(23)26-12-18(22)21-11-14-4-3-5-15(20)10-14/h3-10H,2,11-13H2,1H3,(H,21,22). The predicted molar refractivity (Wildman–Crippen MR) is 97.4 cm³/mol. The van der Waals surface area contributed by atoms with Gasteiger partial charge in [0.2, 0.25) is 0 Å². The van der Waals surface area contributed by atoms with Gasteiger partial charge in [0.05, 0.1) is 6.61 Å². The fraction of sp³-hybridized carbons (Fsp3) is 0.263. The van der Waals surface area contributed by atoms with Crippen molar-refractivity contribution < 1.29 is 23.8 Å². The Morgan fingerprint density at radius 3 is 2.35 bits per heavy atom. The summed E-state index contributed by atoms with van der Waals surface area (Å²) in [6.07, 6.45) is 0. The predicted octanol–water partition coefficient (Wildman–Crippen LogP) is 2.98. The van der Waals surface area contributed by atoms with E-state index in [1.165, 1.54) is 0 Å². The Labute approximate surface area is 157 Å². The molecule has 0 heterocycles. The van der Waals surface area contributed by atoms with Crippen molar-refractivity contribution in [3.63, 3.8) is 0 Å². The maximum atomic E-state index is 11.7. The summed E-state index contributed by atoms with van der Waals surface area (Å²) in [6, 6.07) is 14.0. The molecule has 0 atom stereocenters. The number of benzene rings is 2. The Bertz CT molecular complexity index is 733. The normalized spacial score (nSPS) is 10.1. The van der Waals surface area contributed by atoms with Gasteiger partial charge in [0.25, 0.3) is 5.91 Å². The maximum absolute atomic E-state index is 11.7. The van der Waals surface area contributed by atoms with Gasteiger partial charge >= 0.3 is 5.97 Å². The molecule has 0 aliphatic rings. The first kappa shape index (κ1) is 19.6. The van der Waals surface area contributed by atoms with Gasteiger partial charge in [-0.25, -0.2) is 4.79 Å². The van der Waals surface area contributed by atoms with Gasteiger partial charge in [-0.05, 0) is 48.9 Å². The number of hydrogen-bond donors (Lipinski definition) is 1. The summed E-state index contributed by atoms with van der Waals surface area (Å²) in [5, 5.41) is 3.24. The van der Waals surface area contributed by atoms with Crippen LogP contribution >= 0.6 is 11.6 Å². The lowest BCUT2D eigenvalue weighted by molar-refractivity contribution is -0.150. The van der Waals surface area contributed by atoms with Gasteiger partial charge in [-0.3, -0.25) is 4.79 Å². The number of nitrogens with one attached hydrogen (secondary N) is 1. The number of ether oxygens (including phenoxy) is 3. The second kappa shape index (κ2) is 10.3. The Morgan fingerprint density at radius 1 is 1.00 bits per heavy atom. The molecule has 0 fully saturated rings.